The molecule has 1 aliphatic rings. The number of amides is 2. The number of ether oxygens (including phenoxy) is 1. The molecule has 1 aromatic rings. The van der Waals surface area contributed by atoms with Crippen molar-refractivity contribution in [2.24, 2.45) is 5.41 Å². The number of benzene rings is 1. The zero-order valence-corrected chi connectivity index (χ0v) is 15.3. The van der Waals surface area contributed by atoms with Crippen molar-refractivity contribution < 1.29 is 28.6 Å². The molecule has 3 N–H and O–H groups in total. The van der Waals surface area contributed by atoms with Crippen LogP contribution in [-0.4, -0.2) is 29.0 Å². The molecule has 1 saturated carbocycles. The summed E-state index contributed by atoms with van der Waals surface area (Å²) in [7, 11) is 0. The summed E-state index contributed by atoms with van der Waals surface area (Å²) in [6, 6.07) is 5.19. The fourth-order valence-corrected chi connectivity index (χ4v) is 3.23. The standard InChI is InChI=1S/C19H25FN2O5/c1-13(27-15-8-6-14(20)7-9-15)17(24)22-21-16(23)12-19(18(25)26)10-4-2-3-5-11-19/h6-9,13H,2-5,10-12H2,1H3,(H,21,23)(H,22,24)(H,25,26)/t13-/m0/s1. The number of hydrogen-bond acceptors (Lipinski definition) is 4. The topological polar surface area (TPSA) is 105 Å². The molecule has 1 fully saturated rings. The van der Waals surface area contributed by atoms with E-state index in [4.69, 9.17) is 4.74 Å². The van der Waals surface area contributed by atoms with Gasteiger partial charge in [-0.15, -0.1) is 0 Å². The van der Waals surface area contributed by atoms with Gasteiger partial charge in [0, 0.05) is 6.42 Å². The number of carboxylic acids is 1. The molecule has 8 heteroatoms. The van der Waals surface area contributed by atoms with E-state index in [0.29, 0.717) is 18.6 Å². The van der Waals surface area contributed by atoms with E-state index in [0.717, 1.165) is 25.7 Å². The van der Waals surface area contributed by atoms with Crippen LogP contribution in [0.3, 0.4) is 0 Å². The highest BCUT2D eigenvalue weighted by Gasteiger charge is 2.40. The lowest BCUT2D eigenvalue weighted by molar-refractivity contribution is -0.153. The number of aliphatic carboxylic acids is 1. The maximum Gasteiger partial charge on any atom is 0.310 e. The molecule has 0 bridgehead atoms. The summed E-state index contributed by atoms with van der Waals surface area (Å²) in [5.74, 6) is -2.23. The van der Waals surface area contributed by atoms with Crippen molar-refractivity contribution in [1.82, 2.24) is 10.9 Å². The van der Waals surface area contributed by atoms with E-state index >= 15 is 0 Å². The Morgan fingerprint density at radius 1 is 1.11 bits per heavy atom. The van der Waals surface area contributed by atoms with Gasteiger partial charge in [0.1, 0.15) is 11.6 Å². The summed E-state index contributed by atoms with van der Waals surface area (Å²) >= 11 is 0. The number of carboxylic acid groups (broad SMARTS) is 1. The lowest BCUT2D eigenvalue weighted by Crippen LogP contribution is -2.49. The Balaban J connectivity index is 1.85. The van der Waals surface area contributed by atoms with Crippen molar-refractivity contribution in [2.75, 3.05) is 0 Å². The summed E-state index contributed by atoms with van der Waals surface area (Å²) in [4.78, 5) is 35.9. The third-order valence-corrected chi connectivity index (χ3v) is 4.83. The van der Waals surface area contributed by atoms with Crippen molar-refractivity contribution in [3.8, 4) is 5.75 Å². The Labute approximate surface area is 157 Å². The maximum atomic E-state index is 12.9. The number of hydrogen-bond donors (Lipinski definition) is 3. The molecule has 0 unspecified atom stereocenters. The smallest absolute Gasteiger partial charge is 0.310 e. The summed E-state index contributed by atoms with van der Waals surface area (Å²) in [6.45, 7) is 1.48. The van der Waals surface area contributed by atoms with Crippen LogP contribution < -0.4 is 15.6 Å². The molecule has 27 heavy (non-hydrogen) atoms. The van der Waals surface area contributed by atoms with Crippen LogP contribution in [0.5, 0.6) is 5.75 Å². The normalized spacial score (nSPS) is 17.3. The molecule has 1 aromatic carbocycles. The van der Waals surface area contributed by atoms with Gasteiger partial charge in [-0.2, -0.15) is 0 Å². The lowest BCUT2D eigenvalue weighted by atomic mass is 9.77. The molecular weight excluding hydrogens is 355 g/mol. The largest absolute Gasteiger partial charge is 0.481 e. The van der Waals surface area contributed by atoms with Gasteiger partial charge in [-0.25, -0.2) is 4.39 Å². The van der Waals surface area contributed by atoms with Gasteiger partial charge >= 0.3 is 5.97 Å². The average Bonchev–Trinajstić information content (AvgIpc) is 2.88. The third-order valence-electron chi connectivity index (χ3n) is 4.83. The van der Waals surface area contributed by atoms with Gasteiger partial charge in [0.25, 0.3) is 5.91 Å². The van der Waals surface area contributed by atoms with Crippen LogP contribution >= 0.6 is 0 Å². The molecule has 7 nitrogen and oxygen atoms in total. The van der Waals surface area contributed by atoms with E-state index in [1.54, 1.807) is 0 Å². The Morgan fingerprint density at radius 3 is 2.26 bits per heavy atom. The molecule has 0 spiro atoms. The van der Waals surface area contributed by atoms with Gasteiger partial charge in [-0.3, -0.25) is 25.2 Å². The summed E-state index contributed by atoms with van der Waals surface area (Å²) in [5, 5.41) is 9.60. The van der Waals surface area contributed by atoms with E-state index in [1.807, 2.05) is 0 Å². The van der Waals surface area contributed by atoms with Crippen LogP contribution in [0.1, 0.15) is 51.9 Å². The molecule has 0 heterocycles. The van der Waals surface area contributed by atoms with Crippen LogP contribution in [-0.2, 0) is 14.4 Å². The fraction of sp³-hybridized carbons (Fsp3) is 0.526. The highest BCUT2D eigenvalue weighted by molar-refractivity contribution is 5.87. The first-order chi connectivity index (χ1) is 12.8. The maximum absolute atomic E-state index is 12.9. The Morgan fingerprint density at radius 2 is 1.70 bits per heavy atom. The van der Waals surface area contributed by atoms with Crippen LogP contribution in [0, 0.1) is 11.2 Å². The minimum Gasteiger partial charge on any atom is -0.481 e. The SMILES string of the molecule is C[C@H](Oc1ccc(F)cc1)C(=O)NNC(=O)CC1(C(=O)O)CCCCCC1. The first-order valence-corrected chi connectivity index (χ1v) is 9.07. The molecule has 0 saturated heterocycles. The van der Waals surface area contributed by atoms with Crippen molar-refractivity contribution >= 4 is 17.8 Å². The third kappa shape index (κ3) is 5.94. The highest BCUT2D eigenvalue weighted by Crippen LogP contribution is 2.38. The average molecular weight is 380 g/mol. The molecule has 148 valence electrons. The van der Waals surface area contributed by atoms with Gasteiger partial charge in [0.05, 0.1) is 5.41 Å². The molecular formula is C19H25FN2O5. The van der Waals surface area contributed by atoms with Gasteiger partial charge in [-0.05, 0) is 44.0 Å². The predicted octanol–water partition coefficient (Wildman–Crippen LogP) is 2.56. The van der Waals surface area contributed by atoms with Gasteiger partial charge in [0.15, 0.2) is 6.10 Å². The van der Waals surface area contributed by atoms with Crippen molar-refractivity contribution in [3.05, 3.63) is 30.1 Å². The Kier molecular flexibility index (Phi) is 7.15. The second-order valence-electron chi connectivity index (χ2n) is 6.93. The first-order valence-electron chi connectivity index (χ1n) is 9.07. The van der Waals surface area contributed by atoms with Crippen LogP contribution in [0.4, 0.5) is 4.39 Å². The number of rotatable bonds is 6. The lowest BCUT2D eigenvalue weighted by Gasteiger charge is -2.27. The summed E-state index contributed by atoms with van der Waals surface area (Å²) in [5.41, 5.74) is 3.43. The second-order valence-corrected chi connectivity index (χ2v) is 6.93. The predicted molar refractivity (Wildman–Crippen MR) is 95.2 cm³/mol. The molecule has 0 radical (unpaired) electrons. The quantitative estimate of drug-likeness (QED) is 0.520. The van der Waals surface area contributed by atoms with Crippen molar-refractivity contribution in [2.45, 2.75) is 58.0 Å². The number of halogens is 1. The monoisotopic (exact) mass is 380 g/mol. The van der Waals surface area contributed by atoms with Gasteiger partial charge in [0.2, 0.25) is 5.91 Å². The van der Waals surface area contributed by atoms with Crippen LogP contribution in [0.2, 0.25) is 0 Å². The van der Waals surface area contributed by atoms with E-state index < -0.39 is 35.1 Å². The molecule has 2 amide bonds. The summed E-state index contributed by atoms with van der Waals surface area (Å²) in [6.07, 6.45) is 3.26. The highest BCUT2D eigenvalue weighted by atomic mass is 19.1. The van der Waals surface area contributed by atoms with Crippen LogP contribution in [0.25, 0.3) is 0 Å². The van der Waals surface area contributed by atoms with Crippen molar-refractivity contribution in [1.29, 1.82) is 0 Å². The van der Waals surface area contributed by atoms with Crippen molar-refractivity contribution in [3.63, 3.8) is 0 Å². The molecule has 1 atom stereocenters. The molecule has 0 aromatic heterocycles. The minimum atomic E-state index is -1.08. The Hall–Kier alpha value is -2.64. The van der Waals surface area contributed by atoms with E-state index in [1.165, 1.54) is 31.2 Å². The summed E-state index contributed by atoms with van der Waals surface area (Å²) < 4.78 is 18.2. The Bertz CT molecular complexity index is 669. The number of hydrazine groups is 1. The van der Waals surface area contributed by atoms with E-state index in [-0.39, 0.29) is 6.42 Å². The zero-order chi connectivity index (χ0) is 19.9. The fourth-order valence-electron chi connectivity index (χ4n) is 3.23. The zero-order valence-electron chi connectivity index (χ0n) is 15.3. The molecule has 1 aliphatic carbocycles. The van der Waals surface area contributed by atoms with E-state index in [9.17, 15) is 23.9 Å². The second kappa shape index (κ2) is 9.34. The van der Waals surface area contributed by atoms with Gasteiger partial charge < -0.3 is 9.84 Å². The first kappa shape index (κ1) is 20.7. The number of carbonyl (C=O) groups is 3. The molecule has 0 aliphatic heterocycles. The van der Waals surface area contributed by atoms with E-state index in [2.05, 4.69) is 10.9 Å². The van der Waals surface area contributed by atoms with Gasteiger partial charge in [-0.1, -0.05) is 25.7 Å². The van der Waals surface area contributed by atoms with Crippen LogP contribution in [0.15, 0.2) is 24.3 Å². The number of nitrogens with one attached hydrogen (secondary N) is 2. The molecule has 2 rings (SSSR count). The number of carbonyl (C=O) groups excluding carboxylic acids is 2. The minimum absolute atomic E-state index is 0.185.